The van der Waals surface area contributed by atoms with Gasteiger partial charge in [-0.1, -0.05) is 6.07 Å². The van der Waals surface area contributed by atoms with Crippen LogP contribution in [0.15, 0.2) is 18.2 Å². The molecule has 4 heteroatoms. The smallest absolute Gasteiger partial charge is 0.201 e. The number of nitrogen functional groups attached to an aromatic ring is 1. The zero-order valence-electron chi connectivity index (χ0n) is 9.03. The molecule has 0 saturated carbocycles. The predicted octanol–water partition coefficient (Wildman–Crippen LogP) is 1.57. The lowest BCUT2D eigenvalue weighted by Gasteiger charge is -2.05. The quantitative estimate of drug-likeness (QED) is 0.827. The third-order valence-corrected chi connectivity index (χ3v) is 2.45. The maximum Gasteiger partial charge on any atom is 0.201 e. The Kier molecular flexibility index (Phi) is 2.60. The molecule has 0 spiro atoms. The zero-order valence-corrected chi connectivity index (χ0v) is 9.03. The fourth-order valence-electron chi connectivity index (χ4n) is 1.67. The van der Waals surface area contributed by atoms with Gasteiger partial charge in [0.1, 0.15) is 0 Å². The first-order chi connectivity index (χ1) is 7.22. The fourth-order valence-corrected chi connectivity index (χ4v) is 1.67. The highest BCUT2D eigenvalue weighted by molar-refractivity contribution is 5.79. The molecule has 0 fully saturated rings. The Balaban J connectivity index is 2.50. The van der Waals surface area contributed by atoms with Crippen molar-refractivity contribution in [2.75, 3.05) is 19.5 Å². The highest BCUT2D eigenvalue weighted by atomic mass is 16.5. The van der Waals surface area contributed by atoms with Crippen LogP contribution >= 0.6 is 0 Å². The first kappa shape index (κ1) is 9.98. The van der Waals surface area contributed by atoms with Gasteiger partial charge in [0.2, 0.25) is 5.95 Å². The average molecular weight is 205 g/mol. The number of anilines is 1. The third-order valence-electron chi connectivity index (χ3n) is 2.45. The molecule has 2 N–H and O–H groups in total. The van der Waals surface area contributed by atoms with Crippen molar-refractivity contribution in [2.45, 2.75) is 13.5 Å². The lowest BCUT2D eigenvalue weighted by Crippen LogP contribution is -2.07. The predicted molar refractivity (Wildman–Crippen MR) is 60.8 cm³/mol. The summed E-state index contributed by atoms with van der Waals surface area (Å²) in [6.07, 6.45) is 0. The van der Waals surface area contributed by atoms with Crippen molar-refractivity contribution in [3.05, 3.63) is 23.8 Å². The highest BCUT2D eigenvalue weighted by Gasteiger charge is 2.07. The number of methoxy groups -OCH3 is 1. The summed E-state index contributed by atoms with van der Waals surface area (Å²) in [7, 11) is 1.68. The normalized spacial score (nSPS) is 11.1. The summed E-state index contributed by atoms with van der Waals surface area (Å²) in [4.78, 5) is 4.29. The molecular weight excluding hydrogens is 190 g/mol. The van der Waals surface area contributed by atoms with E-state index in [0.29, 0.717) is 12.6 Å². The largest absolute Gasteiger partial charge is 0.383 e. The second-order valence-corrected chi connectivity index (χ2v) is 3.61. The minimum absolute atomic E-state index is 0.549. The summed E-state index contributed by atoms with van der Waals surface area (Å²) >= 11 is 0. The SMILES string of the molecule is COCCn1c(N)nc2ccc(C)cc21. The summed E-state index contributed by atoms with van der Waals surface area (Å²) in [5, 5.41) is 0. The number of nitrogens with two attached hydrogens (primary N) is 1. The Morgan fingerprint density at radius 3 is 3.00 bits per heavy atom. The van der Waals surface area contributed by atoms with Crippen LogP contribution in [0.3, 0.4) is 0 Å². The van der Waals surface area contributed by atoms with Crippen molar-refractivity contribution in [3.63, 3.8) is 0 Å². The van der Waals surface area contributed by atoms with E-state index in [1.165, 1.54) is 5.56 Å². The summed E-state index contributed by atoms with van der Waals surface area (Å²) in [5.41, 5.74) is 9.06. The van der Waals surface area contributed by atoms with E-state index in [-0.39, 0.29) is 0 Å². The van der Waals surface area contributed by atoms with Crippen LogP contribution in [-0.2, 0) is 11.3 Å². The molecule has 80 valence electrons. The number of fused-ring (bicyclic) bond motifs is 1. The summed E-state index contributed by atoms with van der Waals surface area (Å²) in [6, 6.07) is 6.12. The maximum absolute atomic E-state index is 5.84. The van der Waals surface area contributed by atoms with Crippen LogP contribution in [0.1, 0.15) is 5.56 Å². The van der Waals surface area contributed by atoms with Gasteiger partial charge in [-0.3, -0.25) is 0 Å². The van der Waals surface area contributed by atoms with Crippen LogP contribution in [0.4, 0.5) is 5.95 Å². The van der Waals surface area contributed by atoms with Gasteiger partial charge < -0.3 is 15.0 Å². The van der Waals surface area contributed by atoms with Crippen molar-refractivity contribution in [1.29, 1.82) is 0 Å². The molecule has 0 unspecified atom stereocenters. The number of ether oxygens (including phenoxy) is 1. The van der Waals surface area contributed by atoms with E-state index in [1.807, 2.05) is 16.7 Å². The van der Waals surface area contributed by atoms with Crippen LogP contribution in [0.25, 0.3) is 11.0 Å². The molecule has 2 rings (SSSR count). The van der Waals surface area contributed by atoms with Gasteiger partial charge in [0.25, 0.3) is 0 Å². The summed E-state index contributed by atoms with van der Waals surface area (Å²) in [6.45, 7) is 3.44. The molecule has 2 aromatic rings. The van der Waals surface area contributed by atoms with Crippen molar-refractivity contribution >= 4 is 17.0 Å². The molecule has 0 aliphatic heterocycles. The van der Waals surface area contributed by atoms with Crippen LogP contribution in [0.2, 0.25) is 0 Å². The van der Waals surface area contributed by atoms with E-state index in [4.69, 9.17) is 10.5 Å². The summed E-state index contributed by atoms with van der Waals surface area (Å²) < 4.78 is 7.02. The van der Waals surface area contributed by atoms with E-state index >= 15 is 0 Å². The molecule has 1 aromatic heterocycles. The van der Waals surface area contributed by atoms with Gasteiger partial charge in [-0.25, -0.2) is 4.98 Å². The molecule has 0 bridgehead atoms. The second-order valence-electron chi connectivity index (χ2n) is 3.61. The van der Waals surface area contributed by atoms with Gasteiger partial charge in [-0.05, 0) is 24.6 Å². The van der Waals surface area contributed by atoms with Gasteiger partial charge in [-0.15, -0.1) is 0 Å². The topological polar surface area (TPSA) is 53.1 Å². The number of aromatic nitrogens is 2. The molecule has 0 amide bonds. The Morgan fingerprint density at radius 2 is 2.27 bits per heavy atom. The lowest BCUT2D eigenvalue weighted by molar-refractivity contribution is 0.189. The third kappa shape index (κ3) is 1.80. The molecule has 0 aliphatic rings. The van der Waals surface area contributed by atoms with Crippen LogP contribution in [-0.4, -0.2) is 23.3 Å². The van der Waals surface area contributed by atoms with Gasteiger partial charge >= 0.3 is 0 Å². The van der Waals surface area contributed by atoms with Crippen molar-refractivity contribution in [1.82, 2.24) is 9.55 Å². The molecule has 1 heterocycles. The number of hydrogen-bond donors (Lipinski definition) is 1. The second kappa shape index (κ2) is 3.90. The number of aryl methyl sites for hydroxylation is 1. The molecule has 1 aromatic carbocycles. The molecule has 0 atom stereocenters. The number of nitrogens with zero attached hydrogens (tertiary/aromatic N) is 2. The van der Waals surface area contributed by atoms with Crippen molar-refractivity contribution in [3.8, 4) is 0 Å². The van der Waals surface area contributed by atoms with Crippen LogP contribution in [0.5, 0.6) is 0 Å². The van der Waals surface area contributed by atoms with E-state index in [9.17, 15) is 0 Å². The van der Waals surface area contributed by atoms with E-state index in [2.05, 4.69) is 18.0 Å². The Bertz CT molecular complexity index is 476. The Labute approximate surface area is 88.7 Å². The first-order valence-electron chi connectivity index (χ1n) is 4.93. The molecule has 15 heavy (non-hydrogen) atoms. The Hall–Kier alpha value is -1.55. The van der Waals surface area contributed by atoms with Gasteiger partial charge in [-0.2, -0.15) is 0 Å². The average Bonchev–Trinajstić information content (AvgIpc) is 2.51. The zero-order chi connectivity index (χ0) is 10.8. The van der Waals surface area contributed by atoms with E-state index in [1.54, 1.807) is 7.11 Å². The number of benzene rings is 1. The van der Waals surface area contributed by atoms with Gasteiger partial charge in [0.05, 0.1) is 17.6 Å². The minimum atomic E-state index is 0.549. The molecular formula is C11H15N3O. The first-order valence-corrected chi connectivity index (χ1v) is 4.93. The fraction of sp³-hybridized carbons (Fsp3) is 0.364. The monoisotopic (exact) mass is 205 g/mol. The Morgan fingerprint density at radius 1 is 1.47 bits per heavy atom. The van der Waals surface area contributed by atoms with Crippen LogP contribution in [0, 0.1) is 6.92 Å². The molecule has 4 nitrogen and oxygen atoms in total. The van der Waals surface area contributed by atoms with Crippen molar-refractivity contribution in [2.24, 2.45) is 0 Å². The minimum Gasteiger partial charge on any atom is -0.383 e. The van der Waals surface area contributed by atoms with Gasteiger partial charge in [0, 0.05) is 13.7 Å². The molecule has 0 aliphatic carbocycles. The lowest BCUT2D eigenvalue weighted by atomic mass is 10.2. The molecule has 0 radical (unpaired) electrons. The van der Waals surface area contributed by atoms with E-state index in [0.717, 1.165) is 17.6 Å². The number of hydrogen-bond acceptors (Lipinski definition) is 3. The van der Waals surface area contributed by atoms with Crippen molar-refractivity contribution < 1.29 is 4.74 Å². The van der Waals surface area contributed by atoms with Crippen LogP contribution < -0.4 is 5.73 Å². The maximum atomic E-state index is 5.84. The number of imidazole rings is 1. The van der Waals surface area contributed by atoms with Gasteiger partial charge in [0.15, 0.2) is 0 Å². The number of rotatable bonds is 3. The summed E-state index contributed by atoms with van der Waals surface area (Å²) in [5.74, 6) is 0.549. The van der Waals surface area contributed by atoms with E-state index < -0.39 is 0 Å². The highest BCUT2D eigenvalue weighted by Crippen LogP contribution is 2.18. The standard InChI is InChI=1S/C11H15N3O/c1-8-3-4-9-10(7-8)14(5-6-15-2)11(12)13-9/h3-4,7H,5-6H2,1-2H3,(H2,12,13). The molecule has 0 saturated heterocycles.